The van der Waals surface area contributed by atoms with Crippen LogP contribution < -0.4 is 0 Å². The van der Waals surface area contributed by atoms with Gasteiger partial charge in [-0.15, -0.1) is 22.9 Å². The Morgan fingerprint density at radius 1 is 0.964 bits per heavy atom. The van der Waals surface area contributed by atoms with Gasteiger partial charge in [-0.3, -0.25) is 0 Å². The molecule has 0 aliphatic heterocycles. The largest absolute Gasteiger partial charge is 2.00 e. The van der Waals surface area contributed by atoms with Crippen molar-refractivity contribution in [2.45, 2.75) is 45.4 Å². The maximum Gasteiger partial charge on any atom is 2.00 e. The van der Waals surface area contributed by atoms with Gasteiger partial charge in [-0.1, -0.05) is 73.2 Å². The molecule has 0 spiro atoms. The van der Waals surface area contributed by atoms with Crippen LogP contribution >= 0.6 is 0 Å². The van der Waals surface area contributed by atoms with Gasteiger partial charge >= 0.3 is 26.2 Å². The smallest absolute Gasteiger partial charge is 0.213 e. The van der Waals surface area contributed by atoms with E-state index in [2.05, 4.69) is 85.8 Å². The maximum atomic E-state index is 2.39. The van der Waals surface area contributed by atoms with Gasteiger partial charge in [-0.25, -0.2) is 12.1 Å². The molecule has 4 aromatic rings. The van der Waals surface area contributed by atoms with E-state index < -0.39 is 0 Å². The Balaban J connectivity index is 0.000000193. The molecule has 0 fully saturated rings. The van der Waals surface area contributed by atoms with E-state index in [0.29, 0.717) is 0 Å². The number of rotatable bonds is 4. The van der Waals surface area contributed by atoms with Gasteiger partial charge in [0.1, 0.15) is 0 Å². The topological polar surface area (TPSA) is 0 Å². The van der Waals surface area contributed by atoms with E-state index in [1.54, 1.807) is 11.1 Å². The molecule has 28 heavy (non-hydrogen) atoms. The molecule has 1 heteroatoms. The van der Waals surface area contributed by atoms with Crippen LogP contribution in [0.5, 0.6) is 0 Å². The average molecular weight is 444 g/mol. The zero-order valence-corrected chi connectivity index (χ0v) is 19.2. The molecule has 0 atom stereocenters. The van der Waals surface area contributed by atoms with Crippen molar-refractivity contribution >= 4 is 10.8 Å². The Bertz CT molecular complexity index is 974. The molecular formula is C27H28Zr. The van der Waals surface area contributed by atoms with Gasteiger partial charge in [0.15, 0.2) is 0 Å². The molecule has 0 nitrogen and oxygen atoms in total. The first-order valence-corrected chi connectivity index (χ1v) is 10.3. The molecule has 0 heterocycles. The summed E-state index contributed by atoms with van der Waals surface area (Å²) in [7, 11) is 0. The predicted octanol–water partition coefficient (Wildman–Crippen LogP) is 7.46. The SMILES string of the molecule is CCCC[c-]1cccc1.[Zr+2].c1ccc(-c2c3c(cc4[cH-]ccc24)CCC3)cc1. The Kier molecular flexibility index (Phi) is 7.63. The normalized spacial score (nSPS) is 12.2. The molecule has 0 bridgehead atoms. The zero-order valence-electron chi connectivity index (χ0n) is 16.7. The number of fused-ring (bicyclic) bond motifs is 2. The Labute approximate surface area is 188 Å². The molecule has 0 amide bonds. The summed E-state index contributed by atoms with van der Waals surface area (Å²) < 4.78 is 0. The molecule has 0 N–H and O–H groups in total. The van der Waals surface area contributed by atoms with Crippen molar-refractivity contribution < 1.29 is 26.2 Å². The summed E-state index contributed by atoms with van der Waals surface area (Å²) in [6.45, 7) is 2.23. The van der Waals surface area contributed by atoms with E-state index in [0.717, 1.165) is 0 Å². The van der Waals surface area contributed by atoms with Crippen molar-refractivity contribution in [1.82, 2.24) is 0 Å². The monoisotopic (exact) mass is 442 g/mol. The van der Waals surface area contributed by atoms with Gasteiger partial charge in [0.2, 0.25) is 0 Å². The van der Waals surface area contributed by atoms with Crippen molar-refractivity contribution in [3.05, 3.63) is 95.6 Å². The van der Waals surface area contributed by atoms with E-state index in [1.807, 2.05) is 0 Å². The second kappa shape index (κ2) is 10.2. The molecule has 140 valence electrons. The van der Waals surface area contributed by atoms with Crippen LogP contribution in [0.2, 0.25) is 0 Å². The van der Waals surface area contributed by atoms with Crippen LogP contribution in [0.25, 0.3) is 21.9 Å². The summed E-state index contributed by atoms with van der Waals surface area (Å²) in [6.07, 6.45) is 7.66. The van der Waals surface area contributed by atoms with Crippen LogP contribution in [0, 0.1) is 0 Å². The summed E-state index contributed by atoms with van der Waals surface area (Å²) in [5, 5.41) is 2.82. The van der Waals surface area contributed by atoms with Crippen LogP contribution in [0.15, 0.2) is 78.9 Å². The molecule has 1 aliphatic rings. The molecule has 0 aromatic heterocycles. The van der Waals surface area contributed by atoms with E-state index in [9.17, 15) is 0 Å². The van der Waals surface area contributed by atoms with Crippen LogP contribution in [0.1, 0.15) is 42.9 Å². The molecule has 0 unspecified atom stereocenters. The summed E-state index contributed by atoms with van der Waals surface area (Å²) in [6, 6.07) is 28.5. The minimum Gasteiger partial charge on any atom is -0.213 e. The van der Waals surface area contributed by atoms with Crippen LogP contribution in [0.4, 0.5) is 0 Å². The van der Waals surface area contributed by atoms with Gasteiger partial charge in [0.05, 0.1) is 0 Å². The fourth-order valence-corrected chi connectivity index (χ4v) is 4.25. The molecule has 5 rings (SSSR count). The van der Waals surface area contributed by atoms with E-state index in [-0.39, 0.29) is 26.2 Å². The Hall–Kier alpha value is -1.72. The van der Waals surface area contributed by atoms with Crippen LogP contribution in [-0.2, 0) is 45.5 Å². The first-order chi connectivity index (χ1) is 13.4. The third kappa shape index (κ3) is 4.64. The number of hydrogen-bond donors (Lipinski definition) is 0. The second-order valence-corrected chi connectivity index (χ2v) is 7.53. The second-order valence-electron chi connectivity index (χ2n) is 7.53. The van der Waals surface area contributed by atoms with E-state index in [4.69, 9.17) is 0 Å². The number of unbranched alkanes of at least 4 members (excludes halogenated alkanes) is 1. The summed E-state index contributed by atoms with van der Waals surface area (Å²) in [5.74, 6) is 0. The first-order valence-electron chi connectivity index (χ1n) is 10.3. The molecule has 0 radical (unpaired) electrons. The average Bonchev–Trinajstić information content (AvgIpc) is 3.46. The molecule has 4 aromatic carbocycles. The third-order valence-corrected chi connectivity index (χ3v) is 5.62. The standard InChI is InChI=1S/C18H15.C9H13.Zr/c1-2-6-13(7-3-1)18-16-10-4-8-14(16)12-15-9-5-11-17(15)18;1-2-3-6-9-7-4-5-8-9;/h1-4,6-8,10,12H,5,9,11H2;4-5,7-8H,2-3,6H2,1H3;/q2*-1;+2. The number of benzene rings is 2. The minimum absolute atomic E-state index is 0. The van der Waals surface area contributed by atoms with Crippen molar-refractivity contribution in [3.63, 3.8) is 0 Å². The van der Waals surface area contributed by atoms with E-state index in [1.165, 1.54) is 66.0 Å². The molecular weight excluding hydrogens is 416 g/mol. The van der Waals surface area contributed by atoms with Crippen molar-refractivity contribution in [3.8, 4) is 11.1 Å². The van der Waals surface area contributed by atoms with Crippen molar-refractivity contribution in [1.29, 1.82) is 0 Å². The molecule has 0 saturated carbocycles. The fraction of sp³-hybridized carbons (Fsp3) is 0.259. The fourth-order valence-electron chi connectivity index (χ4n) is 4.25. The van der Waals surface area contributed by atoms with Crippen molar-refractivity contribution in [2.24, 2.45) is 0 Å². The van der Waals surface area contributed by atoms with Crippen molar-refractivity contribution in [2.75, 3.05) is 0 Å². The quantitative estimate of drug-likeness (QED) is 0.287. The zero-order chi connectivity index (χ0) is 18.5. The molecule has 1 aliphatic carbocycles. The van der Waals surface area contributed by atoms with Crippen LogP contribution in [0.3, 0.4) is 0 Å². The van der Waals surface area contributed by atoms with Gasteiger partial charge < -0.3 is 0 Å². The van der Waals surface area contributed by atoms with Gasteiger partial charge in [-0.2, -0.15) is 29.8 Å². The van der Waals surface area contributed by atoms with E-state index >= 15 is 0 Å². The molecule has 0 saturated heterocycles. The van der Waals surface area contributed by atoms with Gasteiger partial charge in [0.25, 0.3) is 0 Å². The Morgan fingerprint density at radius 3 is 2.50 bits per heavy atom. The summed E-state index contributed by atoms with van der Waals surface area (Å²) >= 11 is 0. The number of hydrogen-bond acceptors (Lipinski definition) is 0. The van der Waals surface area contributed by atoms with Crippen LogP contribution in [-0.4, -0.2) is 0 Å². The third-order valence-electron chi connectivity index (χ3n) is 5.62. The summed E-state index contributed by atoms with van der Waals surface area (Å²) in [5.41, 5.74) is 7.47. The minimum atomic E-state index is 0. The predicted molar refractivity (Wildman–Crippen MR) is 118 cm³/mol. The Morgan fingerprint density at radius 2 is 1.75 bits per heavy atom. The summed E-state index contributed by atoms with van der Waals surface area (Å²) in [4.78, 5) is 0. The van der Waals surface area contributed by atoms with Gasteiger partial charge in [-0.05, 0) is 24.8 Å². The first kappa shape index (κ1) is 21.0. The maximum absolute atomic E-state index is 2.39. The van der Waals surface area contributed by atoms with Gasteiger partial charge in [0, 0.05) is 0 Å². The number of aryl methyl sites for hydroxylation is 2.